The highest BCUT2D eigenvalue weighted by molar-refractivity contribution is 6.30. The first-order chi connectivity index (χ1) is 10.2. The van der Waals surface area contributed by atoms with Crippen LogP contribution in [0.15, 0.2) is 54.7 Å². The SMILES string of the molecule is Oc1ccc(Cl)cc1Cn1cc(Cc2ccccc2)nn1. The lowest BCUT2D eigenvalue weighted by Crippen LogP contribution is -2.00. The number of phenolic OH excluding ortho intramolecular Hbond substituents is 1. The molecule has 2 aromatic carbocycles. The second-order valence-electron chi connectivity index (χ2n) is 4.84. The number of benzene rings is 2. The zero-order valence-corrected chi connectivity index (χ0v) is 12.0. The van der Waals surface area contributed by atoms with Crippen molar-refractivity contribution in [3.8, 4) is 5.75 Å². The summed E-state index contributed by atoms with van der Waals surface area (Å²) in [7, 11) is 0. The fourth-order valence-electron chi connectivity index (χ4n) is 2.16. The zero-order chi connectivity index (χ0) is 14.7. The normalized spacial score (nSPS) is 10.7. The number of hydrogen-bond acceptors (Lipinski definition) is 3. The highest BCUT2D eigenvalue weighted by atomic mass is 35.5. The summed E-state index contributed by atoms with van der Waals surface area (Å²) in [6, 6.07) is 15.1. The van der Waals surface area contributed by atoms with Gasteiger partial charge in [0.25, 0.3) is 0 Å². The second kappa shape index (κ2) is 5.97. The minimum Gasteiger partial charge on any atom is -0.508 e. The van der Waals surface area contributed by atoms with Gasteiger partial charge in [-0.1, -0.05) is 47.1 Å². The average Bonchev–Trinajstić information content (AvgIpc) is 2.91. The molecule has 1 aromatic heterocycles. The maximum atomic E-state index is 9.82. The summed E-state index contributed by atoms with van der Waals surface area (Å²) >= 11 is 5.94. The van der Waals surface area contributed by atoms with Crippen molar-refractivity contribution in [3.05, 3.63) is 76.6 Å². The van der Waals surface area contributed by atoms with Crippen LogP contribution in [0, 0.1) is 0 Å². The summed E-state index contributed by atoms with van der Waals surface area (Å²) in [6.07, 6.45) is 2.62. The van der Waals surface area contributed by atoms with Gasteiger partial charge in [-0.15, -0.1) is 5.10 Å². The molecule has 0 aliphatic rings. The molecule has 4 nitrogen and oxygen atoms in total. The molecule has 0 fully saturated rings. The third-order valence-corrected chi connectivity index (χ3v) is 3.42. The van der Waals surface area contributed by atoms with Crippen molar-refractivity contribution in [1.29, 1.82) is 0 Å². The van der Waals surface area contributed by atoms with E-state index in [9.17, 15) is 5.11 Å². The van der Waals surface area contributed by atoms with Gasteiger partial charge in [0.1, 0.15) is 5.75 Å². The molecular formula is C16H14ClN3O. The van der Waals surface area contributed by atoms with E-state index >= 15 is 0 Å². The van der Waals surface area contributed by atoms with E-state index in [1.807, 2.05) is 24.4 Å². The first-order valence-corrected chi connectivity index (χ1v) is 6.99. The van der Waals surface area contributed by atoms with E-state index < -0.39 is 0 Å². The van der Waals surface area contributed by atoms with Crippen molar-refractivity contribution < 1.29 is 5.11 Å². The quantitative estimate of drug-likeness (QED) is 0.804. The van der Waals surface area contributed by atoms with Gasteiger partial charge < -0.3 is 5.11 Å². The van der Waals surface area contributed by atoms with E-state index in [1.54, 1.807) is 22.9 Å². The van der Waals surface area contributed by atoms with Crippen LogP contribution in [0.5, 0.6) is 5.75 Å². The summed E-state index contributed by atoms with van der Waals surface area (Å²) in [6.45, 7) is 0.439. The number of nitrogens with zero attached hydrogens (tertiary/aromatic N) is 3. The maximum absolute atomic E-state index is 9.82. The molecule has 0 spiro atoms. The van der Waals surface area contributed by atoms with E-state index in [1.165, 1.54) is 5.56 Å². The third kappa shape index (κ3) is 3.41. The van der Waals surface area contributed by atoms with Gasteiger partial charge in [-0.25, -0.2) is 4.68 Å². The third-order valence-electron chi connectivity index (χ3n) is 3.19. The number of rotatable bonds is 4. The molecule has 0 atom stereocenters. The summed E-state index contributed by atoms with van der Waals surface area (Å²) in [4.78, 5) is 0. The van der Waals surface area contributed by atoms with Crippen LogP contribution in [0.4, 0.5) is 0 Å². The van der Waals surface area contributed by atoms with Crippen LogP contribution in [0.25, 0.3) is 0 Å². The molecule has 0 radical (unpaired) electrons. The Morgan fingerprint density at radius 1 is 1.10 bits per heavy atom. The molecule has 0 unspecified atom stereocenters. The van der Waals surface area contributed by atoms with Crippen LogP contribution in [-0.2, 0) is 13.0 Å². The molecule has 1 N–H and O–H groups in total. The van der Waals surface area contributed by atoms with Gasteiger partial charge in [0.05, 0.1) is 12.2 Å². The predicted octanol–water partition coefficient (Wildman–Crippen LogP) is 3.28. The van der Waals surface area contributed by atoms with Crippen LogP contribution in [0.1, 0.15) is 16.8 Å². The Bertz CT molecular complexity index is 740. The molecule has 1 heterocycles. The molecule has 106 valence electrons. The van der Waals surface area contributed by atoms with Gasteiger partial charge in [-0.05, 0) is 23.8 Å². The van der Waals surface area contributed by atoms with Crippen molar-refractivity contribution >= 4 is 11.6 Å². The highest BCUT2D eigenvalue weighted by Crippen LogP contribution is 2.22. The molecule has 21 heavy (non-hydrogen) atoms. The number of hydrogen-bond donors (Lipinski definition) is 1. The molecule has 0 saturated heterocycles. The Morgan fingerprint density at radius 2 is 1.90 bits per heavy atom. The molecular weight excluding hydrogens is 286 g/mol. The van der Waals surface area contributed by atoms with Crippen LogP contribution < -0.4 is 0 Å². The fourth-order valence-corrected chi connectivity index (χ4v) is 2.35. The average molecular weight is 300 g/mol. The van der Waals surface area contributed by atoms with E-state index in [2.05, 4.69) is 22.4 Å². The van der Waals surface area contributed by atoms with Crippen molar-refractivity contribution in [3.63, 3.8) is 0 Å². The zero-order valence-electron chi connectivity index (χ0n) is 11.3. The van der Waals surface area contributed by atoms with Crippen molar-refractivity contribution in [1.82, 2.24) is 15.0 Å². The first kappa shape index (κ1) is 13.6. The highest BCUT2D eigenvalue weighted by Gasteiger charge is 2.06. The largest absolute Gasteiger partial charge is 0.508 e. The molecule has 5 heteroatoms. The molecule has 0 aliphatic carbocycles. The van der Waals surface area contributed by atoms with Crippen LogP contribution in [-0.4, -0.2) is 20.1 Å². The van der Waals surface area contributed by atoms with E-state index in [-0.39, 0.29) is 5.75 Å². The Hall–Kier alpha value is -2.33. The van der Waals surface area contributed by atoms with Crippen molar-refractivity contribution in [2.24, 2.45) is 0 Å². The van der Waals surface area contributed by atoms with Gasteiger partial charge >= 0.3 is 0 Å². The summed E-state index contributed by atoms with van der Waals surface area (Å²) < 4.78 is 1.70. The van der Waals surface area contributed by atoms with Crippen LogP contribution in [0.2, 0.25) is 5.02 Å². The van der Waals surface area contributed by atoms with Crippen molar-refractivity contribution in [2.45, 2.75) is 13.0 Å². The topological polar surface area (TPSA) is 50.9 Å². The fraction of sp³-hybridized carbons (Fsp3) is 0.125. The van der Waals surface area contributed by atoms with Gasteiger partial charge in [0.15, 0.2) is 0 Å². The smallest absolute Gasteiger partial charge is 0.120 e. The van der Waals surface area contributed by atoms with E-state index in [0.29, 0.717) is 11.6 Å². The molecule has 3 aromatic rings. The van der Waals surface area contributed by atoms with Crippen LogP contribution >= 0.6 is 11.6 Å². The minimum absolute atomic E-state index is 0.208. The van der Waals surface area contributed by atoms with Gasteiger partial charge in [-0.3, -0.25) is 0 Å². The van der Waals surface area contributed by atoms with Gasteiger partial charge in [0, 0.05) is 23.2 Å². The lowest BCUT2D eigenvalue weighted by Gasteiger charge is -2.04. The molecule has 3 rings (SSSR count). The number of aromatic hydroxyl groups is 1. The first-order valence-electron chi connectivity index (χ1n) is 6.61. The van der Waals surface area contributed by atoms with Crippen LogP contribution in [0.3, 0.4) is 0 Å². The van der Waals surface area contributed by atoms with Gasteiger partial charge in [0.2, 0.25) is 0 Å². The molecule has 0 bridgehead atoms. The van der Waals surface area contributed by atoms with E-state index in [4.69, 9.17) is 11.6 Å². The molecule has 0 amide bonds. The lowest BCUT2D eigenvalue weighted by atomic mass is 10.1. The number of halogens is 1. The number of phenols is 1. The Labute approximate surface area is 127 Å². The van der Waals surface area contributed by atoms with E-state index in [0.717, 1.165) is 17.7 Å². The second-order valence-corrected chi connectivity index (χ2v) is 5.28. The number of aromatic nitrogens is 3. The molecule has 0 aliphatic heterocycles. The Kier molecular flexibility index (Phi) is 3.88. The molecule has 0 saturated carbocycles. The van der Waals surface area contributed by atoms with Crippen molar-refractivity contribution in [2.75, 3.05) is 0 Å². The standard InChI is InChI=1S/C16H14ClN3O/c17-14-6-7-16(21)13(9-14)10-20-11-15(18-19-20)8-12-4-2-1-3-5-12/h1-7,9,11,21H,8,10H2. The maximum Gasteiger partial charge on any atom is 0.120 e. The lowest BCUT2D eigenvalue weighted by molar-refractivity contribution is 0.463. The Balaban J connectivity index is 1.75. The summed E-state index contributed by atoms with van der Waals surface area (Å²) in [5, 5.41) is 18.7. The Morgan fingerprint density at radius 3 is 2.71 bits per heavy atom. The van der Waals surface area contributed by atoms with Gasteiger partial charge in [-0.2, -0.15) is 0 Å². The minimum atomic E-state index is 0.208. The summed E-state index contributed by atoms with van der Waals surface area (Å²) in [5.74, 6) is 0.208. The summed E-state index contributed by atoms with van der Waals surface area (Å²) in [5.41, 5.74) is 2.80. The monoisotopic (exact) mass is 299 g/mol. The predicted molar refractivity (Wildman–Crippen MR) is 81.5 cm³/mol.